The summed E-state index contributed by atoms with van der Waals surface area (Å²) >= 11 is 6.51. The molecule has 4 heterocycles. The Balaban J connectivity index is 1.44. The molecule has 1 N–H and O–H groups in total. The van der Waals surface area contributed by atoms with Gasteiger partial charge in [-0.3, -0.25) is 4.79 Å². The van der Waals surface area contributed by atoms with Gasteiger partial charge >= 0.3 is 6.03 Å². The Morgan fingerprint density at radius 2 is 1.06 bits per heavy atom. The van der Waals surface area contributed by atoms with E-state index in [0.717, 1.165) is 19.5 Å². The fourth-order valence-corrected chi connectivity index (χ4v) is 6.26. The lowest BCUT2D eigenvalue weighted by Crippen LogP contribution is -2.50. The van der Waals surface area contributed by atoms with Crippen LogP contribution in [-0.4, -0.2) is 27.8 Å². The smallest absolute Gasteiger partial charge is 0.318 e. The maximum Gasteiger partial charge on any atom is 0.318 e. The predicted octanol–water partition coefficient (Wildman–Crippen LogP) is 6.26. The largest absolute Gasteiger partial charge is 0.331 e. The minimum atomic E-state index is -0.633. The predicted molar refractivity (Wildman–Crippen MR) is 139 cm³/mol. The van der Waals surface area contributed by atoms with E-state index in [9.17, 15) is 9.59 Å². The molecule has 0 saturated heterocycles. The summed E-state index contributed by atoms with van der Waals surface area (Å²) < 4.78 is 0. The molecule has 1 unspecified atom stereocenters. The summed E-state index contributed by atoms with van der Waals surface area (Å²) in [4.78, 5) is 34.7. The number of nitrogens with one attached hydrogen (secondary N) is 1. The van der Waals surface area contributed by atoms with Gasteiger partial charge in [-0.2, -0.15) is 0 Å². The molecule has 5 nitrogen and oxygen atoms in total. The molecular weight excluding hydrogens is 491 g/mol. The third-order valence-corrected chi connectivity index (χ3v) is 8.46. The molecule has 0 aliphatic heterocycles. The summed E-state index contributed by atoms with van der Waals surface area (Å²) in [6, 6.07) is 15.2. The number of carbonyl (C=O) groups is 2. The average molecular weight is 516 g/mol. The van der Waals surface area contributed by atoms with E-state index in [0.29, 0.717) is 26.2 Å². The second-order valence-corrected chi connectivity index (χ2v) is 11.7. The summed E-state index contributed by atoms with van der Waals surface area (Å²) in [5.41, 5.74) is 0. The number of thiophene rings is 4. The maximum atomic E-state index is 13.4. The van der Waals surface area contributed by atoms with Gasteiger partial charge in [-0.25, -0.2) is 4.79 Å². The zero-order valence-electron chi connectivity index (χ0n) is 18.2. The zero-order chi connectivity index (χ0) is 23.0. The number of nitrogens with zero attached hydrogens (tertiary/aromatic N) is 2. The van der Waals surface area contributed by atoms with Crippen LogP contribution in [0.5, 0.6) is 0 Å². The molecule has 3 amide bonds. The summed E-state index contributed by atoms with van der Waals surface area (Å²) in [5, 5.41) is 11.0. The van der Waals surface area contributed by atoms with Gasteiger partial charge < -0.3 is 15.1 Å². The van der Waals surface area contributed by atoms with E-state index in [2.05, 4.69) is 5.32 Å². The topological polar surface area (TPSA) is 52.7 Å². The van der Waals surface area contributed by atoms with Crippen molar-refractivity contribution in [1.29, 1.82) is 0 Å². The molecule has 4 rings (SSSR count). The monoisotopic (exact) mass is 515 g/mol. The second-order valence-electron chi connectivity index (χ2n) is 7.54. The fraction of sp³-hybridized carbons (Fsp3) is 0.250. The first-order valence-corrected chi connectivity index (χ1v) is 14.0. The molecule has 0 fully saturated rings. The molecule has 1 atom stereocenters. The number of urea groups is 1. The first-order valence-electron chi connectivity index (χ1n) is 10.5. The minimum Gasteiger partial charge on any atom is -0.331 e. The van der Waals surface area contributed by atoms with Gasteiger partial charge in [0, 0.05) is 19.5 Å². The Morgan fingerprint density at radius 1 is 0.697 bits per heavy atom. The van der Waals surface area contributed by atoms with Crippen LogP contribution >= 0.6 is 45.3 Å². The van der Waals surface area contributed by atoms with Gasteiger partial charge in [-0.1, -0.05) is 24.3 Å². The highest BCUT2D eigenvalue weighted by Gasteiger charge is 2.25. The fourth-order valence-electron chi connectivity index (χ4n) is 3.39. The summed E-state index contributed by atoms with van der Waals surface area (Å²) in [5.74, 6) is -0.0858. The normalized spacial score (nSPS) is 11.8. The highest BCUT2D eigenvalue weighted by molar-refractivity contribution is 7.10. The van der Waals surface area contributed by atoms with Crippen LogP contribution in [0.2, 0.25) is 0 Å². The van der Waals surface area contributed by atoms with Crippen molar-refractivity contribution >= 4 is 57.3 Å². The van der Waals surface area contributed by atoms with Gasteiger partial charge in [0.1, 0.15) is 6.04 Å². The Bertz CT molecular complexity index is 1030. The Hall–Kier alpha value is -2.46. The van der Waals surface area contributed by atoms with Crippen molar-refractivity contribution in [3.05, 3.63) is 89.6 Å². The maximum absolute atomic E-state index is 13.4. The zero-order valence-corrected chi connectivity index (χ0v) is 21.4. The molecule has 0 aliphatic rings. The minimum absolute atomic E-state index is 0.0858. The van der Waals surface area contributed by atoms with Crippen LogP contribution in [0.15, 0.2) is 70.1 Å². The van der Waals surface area contributed by atoms with Gasteiger partial charge in [-0.15, -0.1) is 45.3 Å². The van der Waals surface area contributed by atoms with Crippen LogP contribution in [0.25, 0.3) is 0 Å². The van der Waals surface area contributed by atoms with Crippen LogP contribution in [0.1, 0.15) is 26.4 Å². The second kappa shape index (κ2) is 11.6. The molecule has 0 spiro atoms. The molecule has 0 aliphatic carbocycles. The highest BCUT2D eigenvalue weighted by atomic mass is 32.1. The molecule has 0 bridgehead atoms. The highest BCUT2D eigenvalue weighted by Crippen LogP contribution is 2.20. The van der Waals surface area contributed by atoms with Crippen molar-refractivity contribution in [3.8, 4) is 0 Å². The number of hydrogen-bond donors (Lipinski definition) is 1. The number of carbonyl (C=O) groups excluding carboxylic acids is 2. The van der Waals surface area contributed by atoms with Crippen molar-refractivity contribution < 1.29 is 9.59 Å². The van der Waals surface area contributed by atoms with E-state index >= 15 is 0 Å². The van der Waals surface area contributed by atoms with E-state index in [1.807, 2.05) is 75.0 Å². The molecule has 33 heavy (non-hydrogen) atoms. The van der Waals surface area contributed by atoms with Gasteiger partial charge in [-0.05, 0) is 52.7 Å². The van der Waals surface area contributed by atoms with Crippen molar-refractivity contribution in [2.24, 2.45) is 0 Å². The molecule has 4 aromatic rings. The lowest BCUT2D eigenvalue weighted by atomic mass is 10.2. The van der Waals surface area contributed by atoms with Crippen molar-refractivity contribution in [2.75, 3.05) is 0 Å². The molecule has 0 saturated carbocycles. The van der Waals surface area contributed by atoms with Crippen LogP contribution in [0.4, 0.5) is 4.79 Å². The number of rotatable bonds is 10. The van der Waals surface area contributed by atoms with Gasteiger partial charge in [0.2, 0.25) is 5.91 Å². The van der Waals surface area contributed by atoms with Crippen LogP contribution in [0.3, 0.4) is 0 Å². The standard InChI is InChI=1S/C24H25N3O2S4/c1-18(23(28)26(14-19-6-2-10-30-19)15-20-7-3-11-31-20)25-24(29)27(16-21-8-4-12-32-21)17-22-9-5-13-33-22/h2-13,18H,14-17H2,1H3,(H,25,29). The quantitative estimate of drug-likeness (QED) is 0.271. The molecular formula is C24H25N3O2S4. The first kappa shape index (κ1) is 23.7. The molecule has 9 heteroatoms. The summed E-state index contributed by atoms with van der Waals surface area (Å²) in [7, 11) is 0. The van der Waals surface area contributed by atoms with Crippen LogP contribution in [0, 0.1) is 0 Å². The molecule has 172 valence electrons. The van der Waals surface area contributed by atoms with Crippen molar-refractivity contribution in [3.63, 3.8) is 0 Å². The van der Waals surface area contributed by atoms with E-state index in [1.54, 1.807) is 57.2 Å². The third kappa shape index (κ3) is 6.77. The first-order chi connectivity index (χ1) is 16.1. The summed E-state index contributed by atoms with van der Waals surface area (Å²) in [6.45, 7) is 3.85. The SMILES string of the molecule is CC(NC(=O)N(Cc1cccs1)Cc1cccs1)C(=O)N(Cc1cccs1)Cc1cccs1. The van der Waals surface area contributed by atoms with Gasteiger partial charge in [0.25, 0.3) is 0 Å². The van der Waals surface area contributed by atoms with Crippen molar-refractivity contribution in [1.82, 2.24) is 15.1 Å². The van der Waals surface area contributed by atoms with Gasteiger partial charge in [0.15, 0.2) is 0 Å². The number of amides is 3. The lowest BCUT2D eigenvalue weighted by molar-refractivity contribution is -0.134. The molecule has 4 aromatic heterocycles. The Labute approximate surface area is 209 Å². The number of hydrogen-bond acceptors (Lipinski definition) is 6. The van der Waals surface area contributed by atoms with Gasteiger partial charge in [0.05, 0.1) is 26.2 Å². The van der Waals surface area contributed by atoms with Crippen LogP contribution in [-0.2, 0) is 31.0 Å². The van der Waals surface area contributed by atoms with E-state index < -0.39 is 6.04 Å². The Morgan fingerprint density at radius 3 is 1.39 bits per heavy atom. The van der Waals surface area contributed by atoms with E-state index in [-0.39, 0.29) is 11.9 Å². The average Bonchev–Trinajstić information content (AvgIpc) is 3.62. The third-order valence-electron chi connectivity index (χ3n) is 5.02. The molecule has 0 aromatic carbocycles. The van der Waals surface area contributed by atoms with E-state index in [4.69, 9.17) is 0 Å². The molecule has 0 radical (unpaired) electrons. The summed E-state index contributed by atoms with van der Waals surface area (Å²) in [6.07, 6.45) is 0. The van der Waals surface area contributed by atoms with Crippen molar-refractivity contribution in [2.45, 2.75) is 39.1 Å². The lowest BCUT2D eigenvalue weighted by Gasteiger charge is -2.28. The Kier molecular flexibility index (Phi) is 8.33. The van der Waals surface area contributed by atoms with Crippen LogP contribution < -0.4 is 5.32 Å². The van der Waals surface area contributed by atoms with E-state index in [1.165, 1.54) is 0 Å².